The number of hydrogen-bond acceptors (Lipinski definition) is 4. The lowest BCUT2D eigenvalue weighted by Crippen LogP contribution is -2.14. The van der Waals surface area contributed by atoms with E-state index in [0.717, 1.165) is 32.4 Å². The highest BCUT2D eigenvalue weighted by molar-refractivity contribution is 8.00. The third-order valence-corrected chi connectivity index (χ3v) is 5.31. The lowest BCUT2D eigenvalue weighted by atomic mass is 10.00. The fourth-order valence-corrected chi connectivity index (χ4v) is 3.98. The van der Waals surface area contributed by atoms with Crippen molar-refractivity contribution in [2.24, 2.45) is 11.5 Å². The van der Waals surface area contributed by atoms with Crippen molar-refractivity contribution in [1.29, 1.82) is 0 Å². The van der Waals surface area contributed by atoms with Gasteiger partial charge in [-0.3, -0.25) is 0 Å². The van der Waals surface area contributed by atoms with Crippen molar-refractivity contribution in [1.82, 2.24) is 0 Å². The molecule has 0 aliphatic heterocycles. The normalized spacial score (nSPS) is 13.2. The lowest BCUT2D eigenvalue weighted by molar-refractivity contribution is 0.813. The van der Waals surface area contributed by atoms with Crippen LogP contribution in [0.1, 0.15) is 23.2 Å². The summed E-state index contributed by atoms with van der Waals surface area (Å²) in [5, 5.41) is 0. The number of benzene rings is 1. The van der Waals surface area contributed by atoms with E-state index in [-0.39, 0.29) is 12.1 Å². The molecule has 2 unspecified atom stereocenters. The highest BCUT2D eigenvalue weighted by atomic mass is 32.2. The van der Waals surface area contributed by atoms with E-state index in [1.165, 1.54) is 0 Å². The molecule has 22 heavy (non-hydrogen) atoms. The molecular formula is C18H24N2S2. The molecule has 4 heteroatoms. The van der Waals surface area contributed by atoms with Crippen LogP contribution < -0.4 is 11.5 Å². The minimum absolute atomic E-state index is 0.221. The minimum atomic E-state index is -0.239. The van der Waals surface area contributed by atoms with E-state index in [2.05, 4.69) is 38.4 Å². The van der Waals surface area contributed by atoms with Gasteiger partial charge >= 0.3 is 0 Å². The first-order valence-electron chi connectivity index (χ1n) is 7.01. The molecular weight excluding hydrogens is 308 g/mol. The fourth-order valence-electron chi connectivity index (χ4n) is 2.00. The van der Waals surface area contributed by atoms with Crippen LogP contribution in [0, 0.1) is 0 Å². The molecule has 0 bridgehead atoms. The van der Waals surface area contributed by atoms with Crippen molar-refractivity contribution in [3.05, 3.63) is 73.9 Å². The fraction of sp³-hybridized carbons (Fsp3) is 0.222. The zero-order valence-corrected chi connectivity index (χ0v) is 14.5. The predicted octanol–water partition coefficient (Wildman–Crippen LogP) is 4.61. The van der Waals surface area contributed by atoms with Crippen molar-refractivity contribution in [2.75, 3.05) is 11.5 Å². The topological polar surface area (TPSA) is 52.0 Å². The first-order valence-corrected chi connectivity index (χ1v) is 8.98. The van der Waals surface area contributed by atoms with E-state index >= 15 is 0 Å². The molecule has 0 aromatic heterocycles. The van der Waals surface area contributed by atoms with Gasteiger partial charge in [-0.25, -0.2) is 0 Å². The van der Waals surface area contributed by atoms with Crippen molar-refractivity contribution in [3.8, 4) is 0 Å². The third-order valence-electron chi connectivity index (χ3n) is 3.09. The van der Waals surface area contributed by atoms with Gasteiger partial charge in [-0.2, -0.15) is 0 Å². The second-order valence-corrected chi connectivity index (χ2v) is 6.71. The first-order chi connectivity index (χ1) is 10.6. The molecule has 0 aliphatic carbocycles. The van der Waals surface area contributed by atoms with Crippen LogP contribution in [0.5, 0.6) is 0 Å². The summed E-state index contributed by atoms with van der Waals surface area (Å²) >= 11 is 3.41. The summed E-state index contributed by atoms with van der Waals surface area (Å²) in [5.74, 6) is 1.62. The van der Waals surface area contributed by atoms with E-state index in [1.54, 1.807) is 35.7 Å². The standard InChI is InChI=1S/C18H24N2S2/c1-5-11-21-16-10-9-13(14(19)7-3)18(22-12-6-2)17(16)15(20)8-4/h5-10,14-15H,1-4,11-12,19-20H2. The van der Waals surface area contributed by atoms with Crippen LogP contribution in [-0.2, 0) is 0 Å². The summed E-state index contributed by atoms with van der Waals surface area (Å²) < 4.78 is 0. The molecule has 0 saturated heterocycles. The summed E-state index contributed by atoms with van der Waals surface area (Å²) in [7, 11) is 0. The van der Waals surface area contributed by atoms with E-state index in [9.17, 15) is 0 Å². The van der Waals surface area contributed by atoms with Gasteiger partial charge in [-0.05, 0) is 11.6 Å². The Morgan fingerprint density at radius 2 is 1.50 bits per heavy atom. The van der Waals surface area contributed by atoms with Gasteiger partial charge in [-0.15, -0.1) is 49.8 Å². The van der Waals surface area contributed by atoms with Crippen LogP contribution >= 0.6 is 23.5 Å². The molecule has 1 aromatic rings. The molecule has 2 atom stereocenters. The second-order valence-electron chi connectivity index (χ2n) is 4.62. The smallest absolute Gasteiger partial charge is 0.0501 e. The molecule has 118 valence electrons. The van der Waals surface area contributed by atoms with Gasteiger partial charge in [0.25, 0.3) is 0 Å². The van der Waals surface area contributed by atoms with Crippen molar-refractivity contribution < 1.29 is 0 Å². The van der Waals surface area contributed by atoms with E-state index in [1.807, 2.05) is 12.2 Å². The van der Waals surface area contributed by atoms with E-state index < -0.39 is 0 Å². The SMILES string of the molecule is C=CCSc1ccc(C(N)C=C)c(SCC=C)c1C(N)C=C. The highest BCUT2D eigenvalue weighted by Gasteiger charge is 2.19. The van der Waals surface area contributed by atoms with Crippen LogP contribution in [0.2, 0.25) is 0 Å². The molecule has 4 N–H and O–H groups in total. The van der Waals surface area contributed by atoms with Crippen molar-refractivity contribution >= 4 is 23.5 Å². The minimum Gasteiger partial charge on any atom is -0.321 e. The maximum absolute atomic E-state index is 6.29. The molecule has 0 heterocycles. The molecule has 1 rings (SSSR count). The Morgan fingerprint density at radius 3 is 2.05 bits per heavy atom. The Bertz CT molecular complexity index is 552. The first kappa shape index (κ1) is 18.8. The quantitative estimate of drug-likeness (QED) is 0.485. The lowest BCUT2D eigenvalue weighted by Gasteiger charge is -2.22. The Hall–Kier alpha value is -1.20. The van der Waals surface area contributed by atoms with E-state index in [4.69, 9.17) is 11.5 Å². The maximum atomic E-state index is 6.29. The Kier molecular flexibility index (Phi) is 8.35. The van der Waals surface area contributed by atoms with Crippen LogP contribution in [-0.4, -0.2) is 11.5 Å². The van der Waals surface area contributed by atoms with Gasteiger partial charge in [-0.1, -0.05) is 30.4 Å². The van der Waals surface area contributed by atoms with Gasteiger partial charge in [0.2, 0.25) is 0 Å². The summed E-state index contributed by atoms with van der Waals surface area (Å²) in [6, 6.07) is 3.67. The summed E-state index contributed by atoms with van der Waals surface area (Å²) in [6.45, 7) is 15.2. The highest BCUT2D eigenvalue weighted by Crippen LogP contribution is 2.39. The molecule has 0 radical (unpaired) electrons. The Balaban J connectivity index is 3.48. The summed E-state index contributed by atoms with van der Waals surface area (Å²) in [6.07, 6.45) is 7.26. The van der Waals surface area contributed by atoms with Crippen LogP contribution in [0.4, 0.5) is 0 Å². The molecule has 0 spiro atoms. The zero-order chi connectivity index (χ0) is 16.5. The molecule has 0 amide bonds. The van der Waals surface area contributed by atoms with Gasteiger partial charge < -0.3 is 11.5 Å². The van der Waals surface area contributed by atoms with Gasteiger partial charge in [0.15, 0.2) is 0 Å². The number of rotatable bonds is 10. The predicted molar refractivity (Wildman–Crippen MR) is 103 cm³/mol. The number of nitrogens with two attached hydrogens (primary N) is 2. The largest absolute Gasteiger partial charge is 0.321 e. The van der Waals surface area contributed by atoms with Gasteiger partial charge in [0.1, 0.15) is 0 Å². The van der Waals surface area contributed by atoms with Crippen LogP contribution in [0.25, 0.3) is 0 Å². The molecule has 0 fully saturated rings. The van der Waals surface area contributed by atoms with Crippen LogP contribution in [0.3, 0.4) is 0 Å². The summed E-state index contributed by atoms with van der Waals surface area (Å²) in [4.78, 5) is 2.24. The Morgan fingerprint density at radius 1 is 0.909 bits per heavy atom. The monoisotopic (exact) mass is 332 g/mol. The van der Waals surface area contributed by atoms with Gasteiger partial charge in [0, 0.05) is 32.9 Å². The average molecular weight is 333 g/mol. The third kappa shape index (κ3) is 4.65. The second kappa shape index (κ2) is 9.74. The van der Waals surface area contributed by atoms with Crippen molar-refractivity contribution in [3.63, 3.8) is 0 Å². The molecule has 0 aliphatic rings. The molecule has 2 nitrogen and oxygen atoms in total. The molecule has 0 saturated carbocycles. The molecule has 1 aromatic carbocycles. The van der Waals surface area contributed by atoms with Gasteiger partial charge in [0.05, 0.1) is 6.04 Å². The Labute approximate surface area is 142 Å². The van der Waals surface area contributed by atoms with E-state index in [0.29, 0.717) is 0 Å². The van der Waals surface area contributed by atoms with Crippen LogP contribution in [0.15, 0.2) is 72.5 Å². The number of thioether (sulfide) groups is 2. The average Bonchev–Trinajstić information content (AvgIpc) is 2.56. The number of hydrogen-bond donors (Lipinski definition) is 2. The van der Waals surface area contributed by atoms with Crippen molar-refractivity contribution in [2.45, 2.75) is 21.9 Å². The summed E-state index contributed by atoms with van der Waals surface area (Å²) in [5.41, 5.74) is 14.6. The maximum Gasteiger partial charge on any atom is 0.0501 e. The zero-order valence-electron chi connectivity index (χ0n) is 12.8.